The van der Waals surface area contributed by atoms with Gasteiger partial charge in [0.25, 0.3) is 0 Å². The van der Waals surface area contributed by atoms with E-state index in [4.69, 9.17) is 11.6 Å². The molecule has 3 rings (SSSR count). The number of piperidine rings is 1. The Labute approximate surface area is 125 Å². The van der Waals surface area contributed by atoms with Gasteiger partial charge in [0.1, 0.15) is 10.6 Å². The number of fused-ring (bicyclic) bond motifs is 1. The standard InChI is InChI=1S/C13H14ClN3O2S/c1-7-5-9-10(15-13(14)16-11(9)20-7)17-4-2-3-8(6-17)12(18)19/h5,8H,2-4,6H2,1H3,(H,18,19). The molecule has 1 atom stereocenters. The Balaban J connectivity index is 2.02. The molecule has 2 aromatic rings. The maximum Gasteiger partial charge on any atom is 0.308 e. The van der Waals surface area contributed by atoms with Crippen molar-refractivity contribution in [2.24, 2.45) is 5.92 Å². The van der Waals surface area contributed by atoms with Gasteiger partial charge in [-0.15, -0.1) is 11.3 Å². The molecule has 1 saturated heterocycles. The van der Waals surface area contributed by atoms with Crippen LogP contribution in [0.2, 0.25) is 5.28 Å². The second-order valence-electron chi connectivity index (χ2n) is 5.02. The van der Waals surface area contributed by atoms with E-state index in [0.717, 1.165) is 40.3 Å². The number of hydrogen-bond donors (Lipinski definition) is 1. The zero-order valence-electron chi connectivity index (χ0n) is 11.0. The van der Waals surface area contributed by atoms with Crippen molar-refractivity contribution in [3.8, 4) is 0 Å². The number of halogens is 1. The van der Waals surface area contributed by atoms with E-state index >= 15 is 0 Å². The van der Waals surface area contributed by atoms with Crippen LogP contribution in [-0.4, -0.2) is 34.1 Å². The highest BCUT2D eigenvalue weighted by atomic mass is 35.5. The molecule has 1 fully saturated rings. The molecule has 2 aromatic heterocycles. The zero-order valence-corrected chi connectivity index (χ0v) is 12.5. The lowest BCUT2D eigenvalue weighted by Gasteiger charge is -2.31. The number of aliphatic carboxylic acids is 1. The molecule has 0 spiro atoms. The summed E-state index contributed by atoms with van der Waals surface area (Å²) in [6, 6.07) is 2.04. The average molecular weight is 312 g/mol. The molecular weight excluding hydrogens is 298 g/mol. The first kappa shape index (κ1) is 13.6. The van der Waals surface area contributed by atoms with Crippen LogP contribution in [0.4, 0.5) is 5.82 Å². The van der Waals surface area contributed by atoms with E-state index < -0.39 is 5.97 Å². The molecule has 0 radical (unpaired) electrons. The second-order valence-corrected chi connectivity index (χ2v) is 6.59. The smallest absolute Gasteiger partial charge is 0.308 e. The molecule has 5 nitrogen and oxygen atoms in total. The predicted octanol–water partition coefficient (Wildman–Crippen LogP) is 2.95. The summed E-state index contributed by atoms with van der Waals surface area (Å²) >= 11 is 7.57. The number of rotatable bonds is 2. The third-order valence-corrected chi connectivity index (χ3v) is 4.65. The van der Waals surface area contributed by atoms with Crippen molar-refractivity contribution in [3.05, 3.63) is 16.2 Å². The quantitative estimate of drug-likeness (QED) is 0.864. The number of nitrogens with zero attached hydrogens (tertiary/aromatic N) is 3. The summed E-state index contributed by atoms with van der Waals surface area (Å²) < 4.78 is 0. The molecule has 106 valence electrons. The van der Waals surface area contributed by atoms with Gasteiger partial charge in [0, 0.05) is 18.0 Å². The summed E-state index contributed by atoms with van der Waals surface area (Å²) in [5.74, 6) is -0.324. The maximum absolute atomic E-state index is 11.2. The van der Waals surface area contributed by atoms with Crippen LogP contribution in [-0.2, 0) is 4.79 Å². The summed E-state index contributed by atoms with van der Waals surface area (Å²) in [7, 11) is 0. The Morgan fingerprint density at radius 1 is 1.55 bits per heavy atom. The molecule has 1 unspecified atom stereocenters. The number of hydrogen-bond acceptors (Lipinski definition) is 5. The SMILES string of the molecule is Cc1cc2c(N3CCCC(C(=O)O)C3)nc(Cl)nc2s1. The van der Waals surface area contributed by atoms with Crippen molar-refractivity contribution in [3.63, 3.8) is 0 Å². The molecule has 3 heterocycles. The van der Waals surface area contributed by atoms with E-state index in [2.05, 4.69) is 9.97 Å². The number of carboxylic acids is 1. The molecule has 1 aliphatic rings. The minimum atomic E-state index is -0.743. The van der Waals surface area contributed by atoms with Gasteiger partial charge in [-0.25, -0.2) is 4.98 Å². The van der Waals surface area contributed by atoms with Crippen LogP contribution in [0.3, 0.4) is 0 Å². The largest absolute Gasteiger partial charge is 0.481 e. The number of aryl methyl sites for hydroxylation is 1. The Morgan fingerprint density at radius 3 is 3.10 bits per heavy atom. The second kappa shape index (κ2) is 5.18. The normalized spacial score (nSPS) is 19.5. The fourth-order valence-corrected chi connectivity index (χ4v) is 3.70. The first-order valence-electron chi connectivity index (χ1n) is 6.46. The van der Waals surface area contributed by atoms with Gasteiger partial charge in [-0.05, 0) is 37.4 Å². The van der Waals surface area contributed by atoms with Crippen molar-refractivity contribution < 1.29 is 9.90 Å². The van der Waals surface area contributed by atoms with Crippen molar-refractivity contribution in [1.82, 2.24) is 9.97 Å². The monoisotopic (exact) mass is 311 g/mol. The molecule has 0 bridgehead atoms. The van der Waals surface area contributed by atoms with Crippen LogP contribution in [0, 0.1) is 12.8 Å². The van der Waals surface area contributed by atoms with Crippen LogP contribution < -0.4 is 4.90 Å². The minimum Gasteiger partial charge on any atom is -0.481 e. The predicted molar refractivity (Wildman–Crippen MR) is 79.7 cm³/mol. The van der Waals surface area contributed by atoms with E-state index in [1.54, 1.807) is 11.3 Å². The van der Waals surface area contributed by atoms with E-state index in [-0.39, 0.29) is 11.2 Å². The fraction of sp³-hybridized carbons (Fsp3) is 0.462. The molecular formula is C13H14ClN3O2S. The third-order valence-electron chi connectivity index (χ3n) is 3.54. The lowest BCUT2D eigenvalue weighted by atomic mass is 9.98. The number of anilines is 1. The van der Waals surface area contributed by atoms with Crippen molar-refractivity contribution >= 4 is 44.9 Å². The highest BCUT2D eigenvalue weighted by Gasteiger charge is 2.27. The molecule has 0 aliphatic carbocycles. The van der Waals surface area contributed by atoms with E-state index in [0.29, 0.717) is 6.54 Å². The number of thiophene rings is 1. The van der Waals surface area contributed by atoms with E-state index in [1.165, 1.54) is 0 Å². The lowest BCUT2D eigenvalue weighted by Crippen LogP contribution is -2.39. The summed E-state index contributed by atoms with van der Waals surface area (Å²) in [4.78, 5) is 23.8. The fourth-order valence-electron chi connectivity index (χ4n) is 2.61. The highest BCUT2D eigenvalue weighted by molar-refractivity contribution is 7.18. The van der Waals surface area contributed by atoms with Crippen LogP contribution in [0.25, 0.3) is 10.2 Å². The van der Waals surface area contributed by atoms with E-state index in [9.17, 15) is 9.90 Å². The molecule has 0 amide bonds. The van der Waals surface area contributed by atoms with Crippen LogP contribution in [0.5, 0.6) is 0 Å². The first-order chi connectivity index (χ1) is 9.54. The number of aromatic nitrogens is 2. The highest BCUT2D eigenvalue weighted by Crippen LogP contribution is 2.33. The molecule has 1 aliphatic heterocycles. The van der Waals surface area contributed by atoms with E-state index in [1.807, 2.05) is 17.9 Å². The lowest BCUT2D eigenvalue weighted by molar-refractivity contribution is -0.141. The van der Waals surface area contributed by atoms with Crippen molar-refractivity contribution in [1.29, 1.82) is 0 Å². The van der Waals surface area contributed by atoms with Gasteiger partial charge in [-0.2, -0.15) is 4.98 Å². The Kier molecular flexibility index (Phi) is 3.52. The molecule has 0 aromatic carbocycles. The van der Waals surface area contributed by atoms with Crippen LogP contribution >= 0.6 is 22.9 Å². The summed E-state index contributed by atoms with van der Waals surface area (Å²) in [5, 5.41) is 10.4. The van der Waals surface area contributed by atoms with Gasteiger partial charge in [-0.3, -0.25) is 4.79 Å². The van der Waals surface area contributed by atoms with Gasteiger partial charge >= 0.3 is 5.97 Å². The number of carboxylic acid groups (broad SMARTS) is 1. The summed E-state index contributed by atoms with van der Waals surface area (Å²) in [6.45, 7) is 3.30. The van der Waals surface area contributed by atoms with Crippen molar-refractivity contribution in [2.45, 2.75) is 19.8 Å². The van der Waals surface area contributed by atoms with Gasteiger partial charge < -0.3 is 10.0 Å². The first-order valence-corrected chi connectivity index (χ1v) is 7.65. The van der Waals surface area contributed by atoms with Crippen LogP contribution in [0.1, 0.15) is 17.7 Å². The maximum atomic E-state index is 11.2. The summed E-state index contributed by atoms with van der Waals surface area (Å²) in [5.41, 5.74) is 0. The summed E-state index contributed by atoms with van der Waals surface area (Å²) in [6.07, 6.45) is 1.57. The minimum absolute atomic E-state index is 0.215. The Morgan fingerprint density at radius 2 is 2.35 bits per heavy atom. The third kappa shape index (κ3) is 2.45. The Bertz CT molecular complexity index is 673. The van der Waals surface area contributed by atoms with Crippen molar-refractivity contribution in [2.75, 3.05) is 18.0 Å². The molecule has 1 N–H and O–H groups in total. The van der Waals surface area contributed by atoms with Gasteiger partial charge in [0.2, 0.25) is 5.28 Å². The average Bonchev–Trinajstić information content (AvgIpc) is 2.78. The van der Waals surface area contributed by atoms with Gasteiger partial charge in [-0.1, -0.05) is 0 Å². The van der Waals surface area contributed by atoms with Crippen LogP contribution in [0.15, 0.2) is 6.07 Å². The zero-order chi connectivity index (χ0) is 14.3. The topological polar surface area (TPSA) is 66.3 Å². The molecule has 20 heavy (non-hydrogen) atoms. The molecule has 7 heteroatoms. The Hall–Kier alpha value is -1.40. The number of carbonyl (C=O) groups is 1. The molecule has 0 saturated carbocycles. The van der Waals surface area contributed by atoms with Gasteiger partial charge in [0.15, 0.2) is 0 Å². The van der Waals surface area contributed by atoms with Gasteiger partial charge in [0.05, 0.1) is 11.3 Å².